The van der Waals surface area contributed by atoms with Crippen molar-refractivity contribution in [2.45, 2.75) is 19.1 Å². The van der Waals surface area contributed by atoms with Crippen LogP contribution in [0.1, 0.15) is 29.1 Å². The fourth-order valence-corrected chi connectivity index (χ4v) is 2.86. The number of nitrogens with zero attached hydrogens (tertiary/aromatic N) is 1. The van der Waals surface area contributed by atoms with Crippen LogP contribution in [0.5, 0.6) is 0 Å². The van der Waals surface area contributed by atoms with Crippen LogP contribution in [0, 0.1) is 0 Å². The van der Waals surface area contributed by atoms with Gasteiger partial charge in [-0.15, -0.1) is 0 Å². The molecule has 1 saturated heterocycles. The fraction of sp³-hybridized carbons (Fsp3) is 0.312. The second kappa shape index (κ2) is 6.03. The van der Waals surface area contributed by atoms with Gasteiger partial charge in [-0.05, 0) is 40.5 Å². The molecule has 2 heterocycles. The second-order valence-electron chi connectivity index (χ2n) is 5.16. The number of benzene rings is 1. The maximum atomic E-state index is 12.5. The Morgan fingerprint density at radius 1 is 1.19 bits per heavy atom. The summed E-state index contributed by atoms with van der Waals surface area (Å²) >= 11 is 3.22. The van der Waals surface area contributed by atoms with Gasteiger partial charge in [-0.2, -0.15) is 0 Å². The zero-order valence-electron chi connectivity index (χ0n) is 11.7. The van der Waals surface area contributed by atoms with Gasteiger partial charge < -0.3 is 14.1 Å². The highest BCUT2D eigenvalue weighted by molar-refractivity contribution is 9.10. The van der Waals surface area contributed by atoms with E-state index in [0.29, 0.717) is 23.5 Å². The lowest BCUT2D eigenvalue weighted by Crippen LogP contribution is -2.45. The molecule has 2 unspecified atom stereocenters. The minimum Gasteiger partial charge on any atom is -0.444 e. The van der Waals surface area contributed by atoms with Crippen LogP contribution in [-0.4, -0.2) is 30.0 Å². The van der Waals surface area contributed by atoms with Gasteiger partial charge in [0.05, 0.1) is 12.6 Å². The number of carbonyl (C=O) groups excluding carboxylic acids is 1. The van der Waals surface area contributed by atoms with Crippen molar-refractivity contribution in [2.75, 3.05) is 13.1 Å². The molecule has 0 N–H and O–H groups in total. The molecule has 1 aliphatic rings. The van der Waals surface area contributed by atoms with Gasteiger partial charge in [0.25, 0.3) is 5.91 Å². The minimum absolute atomic E-state index is 0.00805. The lowest BCUT2D eigenvalue weighted by molar-refractivity contribution is -0.0697. The largest absolute Gasteiger partial charge is 0.444 e. The van der Waals surface area contributed by atoms with Crippen LogP contribution < -0.4 is 0 Å². The summed E-state index contributed by atoms with van der Waals surface area (Å²) in [5.74, 6) is 0.250. The van der Waals surface area contributed by atoms with Crippen molar-refractivity contribution in [1.29, 1.82) is 0 Å². The van der Waals surface area contributed by atoms with Crippen molar-refractivity contribution >= 4 is 21.8 Å². The summed E-state index contributed by atoms with van der Waals surface area (Å²) in [6.07, 6.45) is -0.108. The Kier molecular flexibility index (Phi) is 4.12. The number of hydrogen-bond donors (Lipinski definition) is 0. The molecule has 4 nitrogen and oxygen atoms in total. The molecular weight excluding hydrogens is 334 g/mol. The maximum Gasteiger partial charge on any atom is 0.289 e. The summed E-state index contributed by atoms with van der Waals surface area (Å²) in [4.78, 5) is 14.3. The molecule has 1 fully saturated rings. The third kappa shape index (κ3) is 3.19. The third-order valence-corrected chi connectivity index (χ3v) is 3.93. The first-order valence-electron chi connectivity index (χ1n) is 6.88. The van der Waals surface area contributed by atoms with Crippen LogP contribution in [0.2, 0.25) is 0 Å². The summed E-state index contributed by atoms with van der Waals surface area (Å²) in [6.45, 7) is 3.08. The van der Waals surface area contributed by atoms with E-state index in [2.05, 4.69) is 15.9 Å². The Hall–Kier alpha value is -1.59. The molecule has 2 aromatic rings. The highest BCUT2D eigenvalue weighted by atomic mass is 79.9. The van der Waals surface area contributed by atoms with Crippen LogP contribution in [0.25, 0.3) is 0 Å². The molecule has 0 bridgehead atoms. The molecule has 110 valence electrons. The summed E-state index contributed by atoms with van der Waals surface area (Å²) in [7, 11) is 0. The molecule has 21 heavy (non-hydrogen) atoms. The van der Waals surface area contributed by atoms with E-state index in [9.17, 15) is 4.79 Å². The highest BCUT2D eigenvalue weighted by Crippen LogP contribution is 2.26. The SMILES string of the molecule is CC1CN(C(=O)c2ccc(Br)o2)CC(c2ccccc2)O1. The average molecular weight is 350 g/mol. The van der Waals surface area contributed by atoms with Gasteiger partial charge >= 0.3 is 0 Å². The third-order valence-electron chi connectivity index (χ3n) is 3.50. The predicted molar refractivity (Wildman–Crippen MR) is 82.0 cm³/mol. The first-order chi connectivity index (χ1) is 10.1. The van der Waals surface area contributed by atoms with E-state index in [0.717, 1.165) is 5.56 Å². The number of ether oxygens (including phenoxy) is 1. The first-order valence-corrected chi connectivity index (χ1v) is 7.68. The van der Waals surface area contributed by atoms with Crippen LogP contribution >= 0.6 is 15.9 Å². The van der Waals surface area contributed by atoms with Crippen molar-refractivity contribution in [3.63, 3.8) is 0 Å². The molecule has 2 atom stereocenters. The van der Waals surface area contributed by atoms with Gasteiger partial charge in [-0.3, -0.25) is 4.79 Å². The van der Waals surface area contributed by atoms with Crippen LogP contribution in [-0.2, 0) is 4.74 Å². The molecule has 1 aromatic carbocycles. The Bertz CT molecular complexity index is 625. The number of hydrogen-bond acceptors (Lipinski definition) is 3. The summed E-state index contributed by atoms with van der Waals surface area (Å²) in [5.41, 5.74) is 1.09. The van der Waals surface area contributed by atoms with E-state index >= 15 is 0 Å². The number of rotatable bonds is 2. The average Bonchev–Trinajstić information content (AvgIpc) is 2.93. The van der Waals surface area contributed by atoms with E-state index in [4.69, 9.17) is 9.15 Å². The van der Waals surface area contributed by atoms with Crippen molar-refractivity contribution in [3.8, 4) is 0 Å². The van der Waals surface area contributed by atoms with Crippen molar-refractivity contribution < 1.29 is 13.9 Å². The predicted octanol–water partition coefficient (Wildman–Crippen LogP) is 3.64. The molecule has 3 rings (SSSR count). The highest BCUT2D eigenvalue weighted by Gasteiger charge is 2.31. The Balaban J connectivity index is 1.78. The van der Waals surface area contributed by atoms with Crippen LogP contribution in [0.3, 0.4) is 0 Å². The molecule has 1 amide bonds. The summed E-state index contributed by atoms with van der Waals surface area (Å²) < 4.78 is 11.9. The molecule has 0 spiro atoms. The van der Waals surface area contributed by atoms with Crippen molar-refractivity contribution in [2.24, 2.45) is 0 Å². The summed E-state index contributed by atoms with van der Waals surface area (Å²) in [6, 6.07) is 13.4. The van der Waals surface area contributed by atoms with Gasteiger partial charge in [0.2, 0.25) is 0 Å². The molecule has 1 aliphatic heterocycles. The van der Waals surface area contributed by atoms with Crippen molar-refractivity contribution in [3.05, 3.63) is 58.5 Å². The number of amides is 1. The number of carbonyl (C=O) groups is 1. The van der Waals surface area contributed by atoms with Gasteiger partial charge in [0.1, 0.15) is 6.10 Å². The van der Waals surface area contributed by atoms with Crippen LogP contribution in [0.15, 0.2) is 51.6 Å². The zero-order chi connectivity index (χ0) is 14.8. The fourth-order valence-electron chi connectivity index (χ4n) is 2.55. The first kappa shape index (κ1) is 14.4. The normalized spacial score (nSPS) is 22.3. The topological polar surface area (TPSA) is 42.7 Å². The van der Waals surface area contributed by atoms with E-state index < -0.39 is 0 Å². The second-order valence-corrected chi connectivity index (χ2v) is 5.94. The van der Waals surface area contributed by atoms with Crippen molar-refractivity contribution in [1.82, 2.24) is 4.90 Å². The Morgan fingerprint density at radius 3 is 2.62 bits per heavy atom. The van der Waals surface area contributed by atoms with Gasteiger partial charge in [-0.25, -0.2) is 0 Å². The number of halogens is 1. The minimum atomic E-state index is -0.100. The zero-order valence-corrected chi connectivity index (χ0v) is 13.2. The van der Waals surface area contributed by atoms with Gasteiger partial charge in [0.15, 0.2) is 10.4 Å². The monoisotopic (exact) mass is 349 g/mol. The van der Waals surface area contributed by atoms with E-state index in [1.165, 1.54) is 0 Å². The van der Waals surface area contributed by atoms with E-state index in [1.807, 2.05) is 37.3 Å². The van der Waals surface area contributed by atoms with E-state index in [1.54, 1.807) is 17.0 Å². The van der Waals surface area contributed by atoms with Crippen LogP contribution in [0.4, 0.5) is 0 Å². The number of furan rings is 1. The molecule has 0 aliphatic carbocycles. The smallest absolute Gasteiger partial charge is 0.289 e. The Morgan fingerprint density at radius 2 is 1.95 bits per heavy atom. The number of morpholine rings is 1. The summed E-state index contributed by atoms with van der Waals surface area (Å²) in [5, 5.41) is 0. The molecule has 1 aromatic heterocycles. The molecule has 0 radical (unpaired) electrons. The lowest BCUT2D eigenvalue weighted by atomic mass is 10.1. The maximum absolute atomic E-state index is 12.5. The van der Waals surface area contributed by atoms with Gasteiger partial charge in [-0.1, -0.05) is 30.3 Å². The molecule has 5 heteroatoms. The standard InChI is InChI=1S/C16H16BrNO3/c1-11-9-18(16(19)13-7-8-15(17)21-13)10-14(20-11)12-5-3-2-4-6-12/h2-8,11,14H,9-10H2,1H3. The molecule has 0 saturated carbocycles. The van der Waals surface area contributed by atoms with Gasteiger partial charge in [0, 0.05) is 6.54 Å². The quantitative estimate of drug-likeness (QED) is 0.831. The molecular formula is C16H16BrNO3. The lowest BCUT2D eigenvalue weighted by Gasteiger charge is -2.36. The Labute approximate surface area is 131 Å². The van der Waals surface area contributed by atoms with E-state index in [-0.39, 0.29) is 18.1 Å².